The van der Waals surface area contributed by atoms with Gasteiger partial charge < -0.3 is 14.8 Å². The molecule has 136 valence electrons. The lowest BCUT2D eigenvalue weighted by Crippen LogP contribution is -2.27. The lowest BCUT2D eigenvalue weighted by atomic mass is 10.2. The summed E-state index contributed by atoms with van der Waals surface area (Å²) in [6.07, 6.45) is 3.34. The molecule has 2 N–H and O–H groups in total. The van der Waals surface area contributed by atoms with Crippen LogP contribution in [0.5, 0.6) is 0 Å². The molecule has 0 spiro atoms. The van der Waals surface area contributed by atoms with E-state index in [9.17, 15) is 9.59 Å². The molecule has 2 aromatic heterocycles. The molecule has 0 radical (unpaired) electrons. The Balaban J connectivity index is 2.10. The summed E-state index contributed by atoms with van der Waals surface area (Å²) in [4.78, 5) is 24.2. The van der Waals surface area contributed by atoms with E-state index < -0.39 is 11.7 Å². The molecule has 0 saturated heterocycles. The standard InChI is InChI=1S/C17H24N4O4/c1-17(2,3)25-16(23)20-12-6-8-21-14(10-12)13(11-19-21)15(22)18-7-5-9-24-4/h6,8,10-11H,5,7,9H2,1-4H3,(H,18,22)(H,20,23). The first kappa shape index (κ1) is 18.7. The third-order valence-electron chi connectivity index (χ3n) is 3.22. The molecule has 0 saturated carbocycles. The van der Waals surface area contributed by atoms with Crippen molar-refractivity contribution in [1.82, 2.24) is 14.9 Å². The zero-order chi connectivity index (χ0) is 18.4. The minimum absolute atomic E-state index is 0.222. The van der Waals surface area contributed by atoms with Crippen molar-refractivity contribution in [2.75, 3.05) is 25.6 Å². The lowest BCUT2D eigenvalue weighted by molar-refractivity contribution is 0.0635. The maximum absolute atomic E-state index is 12.3. The van der Waals surface area contributed by atoms with Crippen LogP contribution in [0.1, 0.15) is 37.6 Å². The molecule has 2 aromatic rings. The first-order valence-corrected chi connectivity index (χ1v) is 8.05. The lowest BCUT2D eigenvalue weighted by Gasteiger charge is -2.19. The number of pyridine rings is 1. The van der Waals surface area contributed by atoms with Crippen LogP contribution in [0.15, 0.2) is 24.5 Å². The van der Waals surface area contributed by atoms with E-state index in [0.29, 0.717) is 29.9 Å². The minimum Gasteiger partial charge on any atom is -0.444 e. The Morgan fingerprint density at radius 3 is 2.76 bits per heavy atom. The molecule has 0 atom stereocenters. The summed E-state index contributed by atoms with van der Waals surface area (Å²) >= 11 is 0. The normalized spacial score (nSPS) is 11.4. The van der Waals surface area contributed by atoms with Crippen LogP contribution >= 0.6 is 0 Å². The highest BCUT2D eigenvalue weighted by Crippen LogP contribution is 2.17. The molecule has 25 heavy (non-hydrogen) atoms. The van der Waals surface area contributed by atoms with Crippen molar-refractivity contribution in [1.29, 1.82) is 0 Å². The number of carbonyl (C=O) groups excluding carboxylic acids is 2. The first-order chi connectivity index (χ1) is 11.8. The van der Waals surface area contributed by atoms with Crippen LogP contribution in [0.2, 0.25) is 0 Å². The quantitative estimate of drug-likeness (QED) is 0.782. The summed E-state index contributed by atoms with van der Waals surface area (Å²) in [6.45, 7) is 6.47. The summed E-state index contributed by atoms with van der Waals surface area (Å²) in [5.41, 5.74) is 0.969. The van der Waals surface area contributed by atoms with Gasteiger partial charge in [-0.05, 0) is 39.3 Å². The van der Waals surface area contributed by atoms with E-state index in [1.54, 1.807) is 50.7 Å². The van der Waals surface area contributed by atoms with Gasteiger partial charge in [0.25, 0.3) is 5.91 Å². The van der Waals surface area contributed by atoms with Crippen LogP contribution in [-0.2, 0) is 9.47 Å². The van der Waals surface area contributed by atoms with Crippen LogP contribution in [0.25, 0.3) is 5.52 Å². The van der Waals surface area contributed by atoms with Gasteiger partial charge >= 0.3 is 6.09 Å². The molecule has 0 unspecified atom stereocenters. The van der Waals surface area contributed by atoms with E-state index in [0.717, 1.165) is 6.42 Å². The summed E-state index contributed by atoms with van der Waals surface area (Å²) in [7, 11) is 1.62. The number of methoxy groups -OCH3 is 1. The zero-order valence-corrected chi connectivity index (χ0v) is 15.0. The van der Waals surface area contributed by atoms with Gasteiger partial charge in [0.1, 0.15) is 5.60 Å². The molecule has 0 aromatic carbocycles. The molecule has 2 rings (SSSR count). The van der Waals surface area contributed by atoms with Crippen molar-refractivity contribution in [3.05, 3.63) is 30.1 Å². The van der Waals surface area contributed by atoms with E-state index >= 15 is 0 Å². The highest BCUT2D eigenvalue weighted by molar-refractivity contribution is 6.01. The smallest absolute Gasteiger partial charge is 0.412 e. The number of nitrogens with one attached hydrogen (secondary N) is 2. The highest BCUT2D eigenvalue weighted by Gasteiger charge is 2.17. The molecule has 0 aliphatic rings. The van der Waals surface area contributed by atoms with Crippen molar-refractivity contribution in [3.8, 4) is 0 Å². The maximum Gasteiger partial charge on any atom is 0.412 e. The summed E-state index contributed by atoms with van der Waals surface area (Å²) < 4.78 is 11.8. The number of anilines is 1. The number of hydrogen-bond donors (Lipinski definition) is 2. The molecule has 0 fully saturated rings. The number of nitrogens with zero attached hydrogens (tertiary/aromatic N) is 2. The zero-order valence-electron chi connectivity index (χ0n) is 15.0. The minimum atomic E-state index is -0.585. The third-order valence-corrected chi connectivity index (χ3v) is 3.22. The molecule has 2 amide bonds. The largest absolute Gasteiger partial charge is 0.444 e. The Morgan fingerprint density at radius 2 is 2.08 bits per heavy atom. The Hall–Kier alpha value is -2.61. The fourth-order valence-corrected chi connectivity index (χ4v) is 2.17. The second-order valence-electron chi connectivity index (χ2n) is 6.53. The molecule has 2 heterocycles. The van der Waals surface area contributed by atoms with Crippen molar-refractivity contribution in [2.24, 2.45) is 0 Å². The monoisotopic (exact) mass is 348 g/mol. The Kier molecular flexibility index (Phi) is 5.97. The molecular formula is C17H24N4O4. The van der Waals surface area contributed by atoms with E-state index in [-0.39, 0.29) is 5.91 Å². The molecule has 8 heteroatoms. The SMILES string of the molecule is COCCCNC(=O)c1cnn2ccc(NC(=O)OC(C)(C)C)cc12. The number of amides is 2. The number of aromatic nitrogens is 2. The van der Waals surface area contributed by atoms with Gasteiger partial charge in [-0.2, -0.15) is 5.10 Å². The Bertz CT molecular complexity index is 749. The number of rotatable bonds is 6. The number of carbonyl (C=O) groups is 2. The summed E-state index contributed by atoms with van der Waals surface area (Å²) in [6, 6.07) is 3.37. The van der Waals surface area contributed by atoms with Crippen molar-refractivity contribution >= 4 is 23.2 Å². The van der Waals surface area contributed by atoms with Gasteiger partial charge in [0, 0.05) is 32.1 Å². The fourth-order valence-electron chi connectivity index (χ4n) is 2.17. The van der Waals surface area contributed by atoms with Gasteiger partial charge in [-0.25, -0.2) is 9.31 Å². The topological polar surface area (TPSA) is 94.0 Å². The molecular weight excluding hydrogens is 324 g/mol. The highest BCUT2D eigenvalue weighted by atomic mass is 16.6. The Labute approximate surface area is 146 Å². The average Bonchev–Trinajstić information content (AvgIpc) is 2.92. The van der Waals surface area contributed by atoms with E-state index in [1.807, 2.05) is 0 Å². The predicted octanol–water partition coefficient (Wildman–Crippen LogP) is 2.45. The number of hydrogen-bond acceptors (Lipinski definition) is 5. The van der Waals surface area contributed by atoms with Crippen LogP contribution < -0.4 is 10.6 Å². The van der Waals surface area contributed by atoms with Crippen LogP contribution in [0.4, 0.5) is 10.5 Å². The van der Waals surface area contributed by atoms with Gasteiger partial charge in [-0.15, -0.1) is 0 Å². The molecule has 0 aliphatic carbocycles. The van der Waals surface area contributed by atoms with Gasteiger partial charge in [0.2, 0.25) is 0 Å². The second kappa shape index (κ2) is 7.98. The van der Waals surface area contributed by atoms with Gasteiger partial charge in [-0.3, -0.25) is 10.1 Å². The van der Waals surface area contributed by atoms with E-state index in [1.165, 1.54) is 6.20 Å². The summed E-state index contributed by atoms with van der Waals surface area (Å²) in [5.74, 6) is -0.222. The maximum atomic E-state index is 12.3. The third kappa shape index (κ3) is 5.46. The number of ether oxygens (including phenoxy) is 2. The van der Waals surface area contributed by atoms with Crippen LogP contribution in [-0.4, -0.2) is 47.5 Å². The van der Waals surface area contributed by atoms with Gasteiger partial charge in [0.15, 0.2) is 0 Å². The van der Waals surface area contributed by atoms with Crippen molar-refractivity contribution in [2.45, 2.75) is 32.8 Å². The first-order valence-electron chi connectivity index (χ1n) is 8.05. The van der Waals surface area contributed by atoms with E-state index in [4.69, 9.17) is 9.47 Å². The van der Waals surface area contributed by atoms with Gasteiger partial charge in [-0.1, -0.05) is 0 Å². The van der Waals surface area contributed by atoms with Crippen LogP contribution in [0.3, 0.4) is 0 Å². The Morgan fingerprint density at radius 1 is 1.32 bits per heavy atom. The van der Waals surface area contributed by atoms with Crippen molar-refractivity contribution in [3.63, 3.8) is 0 Å². The number of fused-ring (bicyclic) bond motifs is 1. The van der Waals surface area contributed by atoms with Crippen molar-refractivity contribution < 1.29 is 19.1 Å². The van der Waals surface area contributed by atoms with Gasteiger partial charge in [0.05, 0.1) is 17.3 Å². The molecule has 0 bridgehead atoms. The van der Waals surface area contributed by atoms with Crippen LogP contribution in [0, 0.1) is 0 Å². The molecule has 8 nitrogen and oxygen atoms in total. The van der Waals surface area contributed by atoms with E-state index in [2.05, 4.69) is 15.7 Å². The average molecular weight is 348 g/mol. The second-order valence-corrected chi connectivity index (χ2v) is 6.53. The molecule has 0 aliphatic heterocycles. The predicted molar refractivity (Wildman–Crippen MR) is 93.9 cm³/mol. The fraction of sp³-hybridized carbons (Fsp3) is 0.471. The summed E-state index contributed by atoms with van der Waals surface area (Å²) in [5, 5.41) is 9.63.